The van der Waals surface area contributed by atoms with Gasteiger partial charge < -0.3 is 9.80 Å². The third kappa shape index (κ3) is 1.88. The first-order chi connectivity index (χ1) is 8.77. The first-order valence-corrected chi connectivity index (χ1v) is 6.89. The number of para-hydroxylation sites is 2. The molecular weight excluding hydrogens is 224 g/mol. The summed E-state index contributed by atoms with van der Waals surface area (Å²) >= 11 is 0. The maximum atomic E-state index is 12.1. The topological polar surface area (TPSA) is 23.6 Å². The fraction of sp³-hybridized carbons (Fsp3) is 0.533. The van der Waals surface area contributed by atoms with Crippen molar-refractivity contribution >= 4 is 17.3 Å². The Bertz CT molecular complexity index is 452. The van der Waals surface area contributed by atoms with E-state index < -0.39 is 0 Å². The molecule has 2 aliphatic rings. The van der Waals surface area contributed by atoms with Gasteiger partial charge in [-0.3, -0.25) is 4.79 Å². The van der Waals surface area contributed by atoms with Crippen LogP contribution in [0, 0.1) is 0 Å². The monoisotopic (exact) mass is 244 g/mol. The van der Waals surface area contributed by atoms with E-state index in [4.69, 9.17) is 0 Å². The number of carbonyl (C=O) groups is 1. The lowest BCUT2D eigenvalue weighted by molar-refractivity contribution is -0.117. The first kappa shape index (κ1) is 11.6. The fourth-order valence-electron chi connectivity index (χ4n) is 3.18. The second kappa shape index (κ2) is 4.63. The molecule has 3 rings (SSSR count). The van der Waals surface area contributed by atoms with Crippen LogP contribution in [-0.4, -0.2) is 25.5 Å². The van der Waals surface area contributed by atoms with Gasteiger partial charge in [-0.25, -0.2) is 0 Å². The summed E-state index contributed by atoms with van der Waals surface area (Å²) in [5, 5.41) is 0. The van der Waals surface area contributed by atoms with Crippen LogP contribution in [0.2, 0.25) is 0 Å². The number of rotatable bonds is 1. The van der Waals surface area contributed by atoms with E-state index in [1.165, 1.54) is 37.8 Å². The lowest BCUT2D eigenvalue weighted by Crippen LogP contribution is -2.48. The van der Waals surface area contributed by atoms with Crippen molar-refractivity contribution in [2.75, 3.05) is 23.4 Å². The summed E-state index contributed by atoms with van der Waals surface area (Å²) in [5.74, 6) is 0.208. The van der Waals surface area contributed by atoms with E-state index in [0.29, 0.717) is 12.6 Å². The largest absolute Gasteiger partial charge is 0.358 e. The second-order valence-electron chi connectivity index (χ2n) is 5.36. The molecule has 0 N–H and O–H groups in total. The Morgan fingerprint density at radius 1 is 1.06 bits per heavy atom. The van der Waals surface area contributed by atoms with Crippen molar-refractivity contribution < 1.29 is 4.79 Å². The van der Waals surface area contributed by atoms with Gasteiger partial charge in [-0.2, -0.15) is 0 Å². The number of hydrogen-bond donors (Lipinski definition) is 0. The Hall–Kier alpha value is -1.51. The number of carbonyl (C=O) groups excluding carboxylic acids is 1. The van der Waals surface area contributed by atoms with Gasteiger partial charge in [0.15, 0.2) is 0 Å². The number of nitrogens with zero attached hydrogens (tertiary/aromatic N) is 2. The Kier molecular flexibility index (Phi) is 2.98. The molecule has 1 amide bonds. The highest BCUT2D eigenvalue weighted by Crippen LogP contribution is 2.36. The second-order valence-corrected chi connectivity index (χ2v) is 5.36. The molecule has 1 heterocycles. The molecular formula is C15H20N2O. The summed E-state index contributed by atoms with van der Waals surface area (Å²) in [6, 6.07) is 8.82. The van der Waals surface area contributed by atoms with Crippen molar-refractivity contribution in [1.29, 1.82) is 0 Å². The van der Waals surface area contributed by atoms with Crippen LogP contribution in [0.3, 0.4) is 0 Å². The molecule has 1 saturated carbocycles. The van der Waals surface area contributed by atoms with E-state index in [1.54, 1.807) is 4.90 Å². The minimum Gasteiger partial charge on any atom is -0.358 e. The van der Waals surface area contributed by atoms with Gasteiger partial charge in [0.2, 0.25) is 5.91 Å². The number of likely N-dealkylation sites (N-methyl/N-ethyl adjacent to an activating group) is 1. The molecule has 0 saturated heterocycles. The van der Waals surface area contributed by atoms with E-state index in [1.807, 2.05) is 19.2 Å². The summed E-state index contributed by atoms with van der Waals surface area (Å²) in [7, 11) is 1.87. The van der Waals surface area contributed by atoms with Crippen LogP contribution in [0.4, 0.5) is 11.4 Å². The number of amides is 1. The number of hydrogen-bond acceptors (Lipinski definition) is 2. The molecule has 0 spiro atoms. The lowest BCUT2D eigenvalue weighted by atomic mass is 9.93. The molecule has 3 nitrogen and oxygen atoms in total. The normalized spacial score (nSPS) is 21.1. The number of benzene rings is 1. The Labute approximate surface area is 108 Å². The molecule has 1 aliphatic carbocycles. The van der Waals surface area contributed by atoms with Crippen LogP contribution in [0.15, 0.2) is 24.3 Å². The third-order valence-electron chi connectivity index (χ3n) is 4.25. The van der Waals surface area contributed by atoms with Crippen LogP contribution in [0.1, 0.15) is 32.1 Å². The van der Waals surface area contributed by atoms with E-state index >= 15 is 0 Å². The van der Waals surface area contributed by atoms with Gasteiger partial charge in [0.05, 0.1) is 17.9 Å². The van der Waals surface area contributed by atoms with Gasteiger partial charge in [0, 0.05) is 13.1 Å². The minimum atomic E-state index is 0.208. The van der Waals surface area contributed by atoms with Crippen molar-refractivity contribution in [2.45, 2.75) is 38.1 Å². The van der Waals surface area contributed by atoms with E-state index in [0.717, 1.165) is 5.69 Å². The van der Waals surface area contributed by atoms with Gasteiger partial charge >= 0.3 is 0 Å². The van der Waals surface area contributed by atoms with Crippen molar-refractivity contribution in [1.82, 2.24) is 0 Å². The van der Waals surface area contributed by atoms with Crippen LogP contribution < -0.4 is 9.80 Å². The van der Waals surface area contributed by atoms with Crippen molar-refractivity contribution in [2.24, 2.45) is 0 Å². The van der Waals surface area contributed by atoms with Gasteiger partial charge in [-0.05, 0) is 25.0 Å². The first-order valence-electron chi connectivity index (χ1n) is 6.89. The molecule has 1 aromatic rings. The molecule has 0 bridgehead atoms. The van der Waals surface area contributed by atoms with Crippen molar-refractivity contribution in [3.8, 4) is 0 Å². The molecule has 0 aromatic heterocycles. The molecule has 0 atom stereocenters. The van der Waals surface area contributed by atoms with Crippen LogP contribution in [-0.2, 0) is 4.79 Å². The molecule has 18 heavy (non-hydrogen) atoms. The Morgan fingerprint density at radius 2 is 1.72 bits per heavy atom. The highest BCUT2D eigenvalue weighted by atomic mass is 16.2. The van der Waals surface area contributed by atoms with E-state index in [-0.39, 0.29) is 5.91 Å². The van der Waals surface area contributed by atoms with E-state index in [9.17, 15) is 4.79 Å². The average Bonchev–Trinajstić information content (AvgIpc) is 2.44. The van der Waals surface area contributed by atoms with Gasteiger partial charge in [0.25, 0.3) is 0 Å². The average molecular weight is 244 g/mol. The predicted octanol–water partition coefficient (Wildman–Crippen LogP) is 2.80. The maximum absolute atomic E-state index is 12.1. The molecule has 3 heteroatoms. The fourth-order valence-corrected chi connectivity index (χ4v) is 3.18. The summed E-state index contributed by atoms with van der Waals surface area (Å²) in [6.07, 6.45) is 6.40. The van der Waals surface area contributed by atoms with E-state index in [2.05, 4.69) is 17.0 Å². The third-order valence-corrected chi connectivity index (χ3v) is 4.25. The molecule has 0 radical (unpaired) electrons. The molecule has 0 unspecified atom stereocenters. The Morgan fingerprint density at radius 3 is 2.44 bits per heavy atom. The molecule has 1 aliphatic heterocycles. The predicted molar refractivity (Wildman–Crippen MR) is 74.1 cm³/mol. The van der Waals surface area contributed by atoms with Crippen LogP contribution in [0.25, 0.3) is 0 Å². The summed E-state index contributed by atoms with van der Waals surface area (Å²) in [5.41, 5.74) is 2.28. The summed E-state index contributed by atoms with van der Waals surface area (Å²) in [4.78, 5) is 16.2. The smallest absolute Gasteiger partial charge is 0.246 e. The highest BCUT2D eigenvalue weighted by Gasteiger charge is 2.31. The molecule has 1 fully saturated rings. The van der Waals surface area contributed by atoms with Gasteiger partial charge in [0.1, 0.15) is 0 Å². The number of anilines is 2. The van der Waals surface area contributed by atoms with Crippen molar-refractivity contribution in [3.05, 3.63) is 24.3 Å². The SMILES string of the molecule is CN1C(=O)CN(C2CCCCC2)c2ccccc21. The Balaban J connectivity index is 1.95. The molecule has 1 aromatic carbocycles. The van der Waals surface area contributed by atoms with Crippen LogP contribution in [0.5, 0.6) is 0 Å². The molecule has 96 valence electrons. The van der Waals surface area contributed by atoms with Gasteiger partial charge in [-0.15, -0.1) is 0 Å². The van der Waals surface area contributed by atoms with Crippen LogP contribution >= 0.6 is 0 Å². The maximum Gasteiger partial charge on any atom is 0.246 e. The zero-order valence-corrected chi connectivity index (χ0v) is 10.9. The van der Waals surface area contributed by atoms with Gasteiger partial charge in [-0.1, -0.05) is 31.4 Å². The highest BCUT2D eigenvalue weighted by molar-refractivity contribution is 6.02. The zero-order valence-electron chi connectivity index (χ0n) is 10.9. The number of fused-ring (bicyclic) bond motifs is 1. The summed E-state index contributed by atoms with van der Waals surface area (Å²) < 4.78 is 0. The minimum absolute atomic E-state index is 0.208. The quantitative estimate of drug-likeness (QED) is 0.758. The van der Waals surface area contributed by atoms with Crippen molar-refractivity contribution in [3.63, 3.8) is 0 Å². The standard InChI is InChI=1S/C15H20N2O/c1-16-13-9-5-6-10-14(13)17(11-15(16)18)12-7-3-2-4-8-12/h5-6,9-10,12H,2-4,7-8,11H2,1H3. The summed E-state index contributed by atoms with van der Waals surface area (Å²) in [6.45, 7) is 0.540. The lowest BCUT2D eigenvalue weighted by Gasteiger charge is -2.41. The zero-order chi connectivity index (χ0) is 12.5.